The lowest BCUT2D eigenvalue weighted by Crippen LogP contribution is -2.42. The molecule has 0 heterocycles. The third kappa shape index (κ3) is 24.8. The summed E-state index contributed by atoms with van der Waals surface area (Å²) in [6, 6.07) is 0. The second-order valence-corrected chi connectivity index (χ2v) is 5.98. The zero-order chi connectivity index (χ0) is 14.7. The first-order valence-corrected chi connectivity index (χ1v) is 7.87. The molecule has 0 unspecified atom stereocenters. The van der Waals surface area contributed by atoms with Crippen molar-refractivity contribution in [2.24, 2.45) is 0 Å². The van der Waals surface area contributed by atoms with Crippen molar-refractivity contribution in [3.05, 3.63) is 0 Å². The minimum atomic E-state index is -3.67. The van der Waals surface area contributed by atoms with Crippen molar-refractivity contribution in [1.29, 1.82) is 0 Å². The lowest BCUT2D eigenvalue weighted by Gasteiger charge is -2.27. The van der Waals surface area contributed by atoms with E-state index in [1.165, 1.54) is 0 Å². The van der Waals surface area contributed by atoms with Crippen molar-refractivity contribution < 1.29 is 26.9 Å². The van der Waals surface area contributed by atoms with E-state index in [2.05, 4.69) is 21.0 Å². The van der Waals surface area contributed by atoms with Crippen molar-refractivity contribution in [3.63, 3.8) is 0 Å². The highest BCUT2D eigenvalue weighted by Crippen LogP contribution is 1.94. The monoisotopic (exact) mass is 286 g/mol. The van der Waals surface area contributed by atoms with Gasteiger partial charge in [0.2, 0.25) is 0 Å². The standard InChI is InChI=1S/C10H24NO2.CH4O3S/c1-5-11(3,4)7-8-13-10-9-12-6-2;1-5(2,3)4/h5-10H2,1-4H3;1H3,(H,2,3,4)/q+1;. The Balaban J connectivity index is 0. The summed E-state index contributed by atoms with van der Waals surface area (Å²) in [6.45, 7) is 9.45. The average molecular weight is 286 g/mol. The quantitative estimate of drug-likeness (QED) is 0.403. The summed E-state index contributed by atoms with van der Waals surface area (Å²) in [4.78, 5) is 0. The zero-order valence-corrected chi connectivity index (χ0v) is 13.0. The largest absolute Gasteiger partial charge is 0.379 e. The van der Waals surface area contributed by atoms with E-state index >= 15 is 0 Å². The predicted molar refractivity (Wildman–Crippen MR) is 72.3 cm³/mol. The molecule has 0 rings (SSSR count). The molecule has 0 aliphatic rings. The van der Waals surface area contributed by atoms with Gasteiger partial charge in [-0.25, -0.2) is 0 Å². The SMILES string of the molecule is CCOCCOCC[N+](C)(C)CC.CS(=O)(=O)O. The summed E-state index contributed by atoms with van der Waals surface area (Å²) in [6.07, 6.45) is 0.715. The maximum atomic E-state index is 9.19. The molecular formula is C11H28NO5S+. The summed E-state index contributed by atoms with van der Waals surface area (Å²) in [5.41, 5.74) is 0. The topological polar surface area (TPSA) is 72.8 Å². The molecule has 0 aromatic rings. The van der Waals surface area contributed by atoms with Gasteiger partial charge in [0.25, 0.3) is 10.1 Å². The molecule has 18 heavy (non-hydrogen) atoms. The number of nitrogens with zero attached hydrogens (tertiary/aromatic N) is 1. The third-order valence-electron chi connectivity index (χ3n) is 2.27. The third-order valence-corrected chi connectivity index (χ3v) is 2.27. The summed E-state index contributed by atoms with van der Waals surface area (Å²) in [5.74, 6) is 0. The van der Waals surface area contributed by atoms with E-state index in [-0.39, 0.29) is 0 Å². The van der Waals surface area contributed by atoms with Crippen LogP contribution in [0.4, 0.5) is 0 Å². The van der Waals surface area contributed by atoms with Crippen LogP contribution in [0, 0.1) is 0 Å². The van der Waals surface area contributed by atoms with Gasteiger partial charge in [0.15, 0.2) is 0 Å². The van der Waals surface area contributed by atoms with Crippen LogP contribution < -0.4 is 0 Å². The summed E-state index contributed by atoms with van der Waals surface area (Å²) in [7, 11) is 0.762. The fraction of sp³-hybridized carbons (Fsp3) is 1.00. The normalized spacial score (nSPS) is 11.9. The number of quaternary nitrogens is 1. The molecule has 112 valence electrons. The Labute approximate surface area is 111 Å². The molecule has 0 bridgehead atoms. The van der Waals surface area contributed by atoms with Gasteiger partial charge >= 0.3 is 0 Å². The van der Waals surface area contributed by atoms with Crippen LogP contribution in [0.3, 0.4) is 0 Å². The molecule has 0 aromatic carbocycles. The second-order valence-electron chi connectivity index (χ2n) is 4.52. The number of hydrogen-bond acceptors (Lipinski definition) is 4. The molecule has 1 N–H and O–H groups in total. The van der Waals surface area contributed by atoms with Crippen LogP contribution in [0.15, 0.2) is 0 Å². The highest BCUT2D eigenvalue weighted by Gasteiger charge is 2.10. The first-order chi connectivity index (χ1) is 8.12. The maximum absolute atomic E-state index is 9.19. The first kappa shape index (κ1) is 20.1. The highest BCUT2D eigenvalue weighted by atomic mass is 32.2. The van der Waals surface area contributed by atoms with E-state index in [4.69, 9.17) is 14.0 Å². The number of hydrogen-bond donors (Lipinski definition) is 1. The molecule has 6 nitrogen and oxygen atoms in total. The zero-order valence-electron chi connectivity index (χ0n) is 12.2. The van der Waals surface area contributed by atoms with Gasteiger partial charge in [-0.3, -0.25) is 4.55 Å². The van der Waals surface area contributed by atoms with E-state index in [1.807, 2.05) is 6.92 Å². The van der Waals surface area contributed by atoms with E-state index < -0.39 is 10.1 Å². The molecule has 0 amide bonds. The molecule has 0 aromatic heterocycles. The fourth-order valence-electron chi connectivity index (χ4n) is 0.834. The van der Waals surface area contributed by atoms with Gasteiger partial charge in [-0.2, -0.15) is 8.42 Å². The van der Waals surface area contributed by atoms with Crippen molar-refractivity contribution in [1.82, 2.24) is 0 Å². The Kier molecular flexibility index (Phi) is 11.9. The Morgan fingerprint density at radius 1 is 1.06 bits per heavy atom. The molecule has 0 saturated carbocycles. The predicted octanol–water partition coefficient (Wildman–Crippen LogP) is 0.640. The van der Waals surface area contributed by atoms with Crippen molar-refractivity contribution in [3.8, 4) is 0 Å². The van der Waals surface area contributed by atoms with Gasteiger partial charge in [0.05, 0.1) is 46.7 Å². The van der Waals surface area contributed by atoms with E-state index in [0.717, 1.165) is 44.0 Å². The van der Waals surface area contributed by atoms with Crippen molar-refractivity contribution in [2.45, 2.75) is 13.8 Å². The van der Waals surface area contributed by atoms with Crippen molar-refractivity contribution in [2.75, 3.05) is 59.9 Å². The number of rotatable bonds is 8. The van der Waals surface area contributed by atoms with Crippen LogP contribution in [-0.4, -0.2) is 77.3 Å². The van der Waals surface area contributed by atoms with Gasteiger partial charge in [-0.1, -0.05) is 0 Å². The summed E-state index contributed by atoms with van der Waals surface area (Å²) < 4.78 is 37.5. The van der Waals surface area contributed by atoms with Crippen LogP contribution >= 0.6 is 0 Å². The lowest BCUT2D eigenvalue weighted by molar-refractivity contribution is -0.888. The van der Waals surface area contributed by atoms with Gasteiger partial charge in [0.1, 0.15) is 6.54 Å². The van der Waals surface area contributed by atoms with Crippen LogP contribution in [0.1, 0.15) is 13.8 Å². The molecule has 7 heteroatoms. The maximum Gasteiger partial charge on any atom is 0.261 e. The summed E-state index contributed by atoms with van der Waals surface area (Å²) in [5, 5.41) is 0. The Morgan fingerprint density at radius 2 is 1.50 bits per heavy atom. The molecule has 0 aliphatic carbocycles. The van der Waals surface area contributed by atoms with Gasteiger partial charge in [-0.05, 0) is 13.8 Å². The fourth-order valence-corrected chi connectivity index (χ4v) is 0.834. The highest BCUT2D eigenvalue weighted by molar-refractivity contribution is 7.85. The molecule has 0 fully saturated rings. The van der Waals surface area contributed by atoms with Crippen LogP contribution in [0.25, 0.3) is 0 Å². The van der Waals surface area contributed by atoms with E-state index in [1.54, 1.807) is 0 Å². The smallest absolute Gasteiger partial charge is 0.261 e. The van der Waals surface area contributed by atoms with E-state index in [9.17, 15) is 8.42 Å². The molecular weight excluding hydrogens is 258 g/mol. The molecule has 0 aliphatic heterocycles. The molecule has 0 spiro atoms. The molecule has 0 atom stereocenters. The second kappa shape index (κ2) is 10.7. The average Bonchev–Trinajstić information content (AvgIpc) is 2.21. The van der Waals surface area contributed by atoms with Crippen LogP contribution in [0.5, 0.6) is 0 Å². The van der Waals surface area contributed by atoms with Gasteiger partial charge < -0.3 is 14.0 Å². The lowest BCUT2D eigenvalue weighted by atomic mass is 10.4. The molecule has 0 radical (unpaired) electrons. The first-order valence-electron chi connectivity index (χ1n) is 6.02. The van der Waals surface area contributed by atoms with Crippen LogP contribution in [-0.2, 0) is 19.6 Å². The minimum Gasteiger partial charge on any atom is -0.379 e. The molecule has 0 saturated heterocycles. The Morgan fingerprint density at radius 3 is 1.89 bits per heavy atom. The van der Waals surface area contributed by atoms with Gasteiger partial charge in [0, 0.05) is 6.61 Å². The number of ether oxygens (including phenoxy) is 2. The Hall–Kier alpha value is -0.210. The van der Waals surface area contributed by atoms with E-state index in [0.29, 0.717) is 6.26 Å². The van der Waals surface area contributed by atoms with Crippen molar-refractivity contribution >= 4 is 10.1 Å². The summed E-state index contributed by atoms with van der Waals surface area (Å²) >= 11 is 0. The number of likely N-dealkylation sites (N-methyl/N-ethyl adjacent to an activating group) is 1. The van der Waals surface area contributed by atoms with Crippen LogP contribution in [0.2, 0.25) is 0 Å². The van der Waals surface area contributed by atoms with Gasteiger partial charge in [-0.15, -0.1) is 0 Å². The minimum absolute atomic E-state index is 0.715. The Bertz CT molecular complexity index is 269.